The lowest BCUT2D eigenvalue weighted by Crippen LogP contribution is -2.34. The normalized spacial score (nSPS) is 27.4. The average Bonchev–Trinajstić information content (AvgIpc) is 2.87. The minimum absolute atomic E-state index is 0.173. The van der Waals surface area contributed by atoms with Gasteiger partial charge in [-0.1, -0.05) is 6.07 Å². The van der Waals surface area contributed by atoms with Crippen molar-refractivity contribution in [3.8, 4) is 0 Å². The molecule has 1 amide bonds. The van der Waals surface area contributed by atoms with Crippen molar-refractivity contribution in [2.75, 3.05) is 36.5 Å². The Morgan fingerprint density at radius 1 is 1.14 bits per heavy atom. The van der Waals surface area contributed by atoms with Crippen molar-refractivity contribution >= 4 is 17.3 Å². The van der Waals surface area contributed by atoms with Crippen LogP contribution in [-0.2, 0) is 19.7 Å². The highest BCUT2D eigenvalue weighted by atomic mass is 16.7. The molecule has 0 aromatic heterocycles. The molecule has 3 fully saturated rings. The number of hydrogen-bond donors (Lipinski definition) is 1. The van der Waals surface area contributed by atoms with Crippen molar-refractivity contribution in [3.63, 3.8) is 0 Å². The van der Waals surface area contributed by atoms with Crippen molar-refractivity contribution in [2.45, 2.75) is 30.5 Å². The molecule has 21 heavy (non-hydrogen) atoms. The second-order valence-electron chi connectivity index (χ2n) is 6.52. The molecule has 3 heterocycles. The zero-order chi connectivity index (χ0) is 14.1. The smallest absolute Gasteiger partial charge is 0.235 e. The van der Waals surface area contributed by atoms with E-state index in [0.717, 1.165) is 38.0 Å². The lowest BCUT2D eigenvalue weighted by molar-refractivity contribution is -0.137. The number of nitrogens with zero attached hydrogens (tertiary/aromatic N) is 1. The predicted molar refractivity (Wildman–Crippen MR) is 77.4 cm³/mol. The molecule has 0 unspecified atom stereocenters. The first-order valence-electron chi connectivity index (χ1n) is 7.70. The summed E-state index contributed by atoms with van der Waals surface area (Å²) in [5, 5.41) is 3.05. The van der Waals surface area contributed by atoms with Crippen LogP contribution in [0.25, 0.3) is 0 Å². The van der Waals surface area contributed by atoms with Crippen LogP contribution in [0.5, 0.6) is 0 Å². The summed E-state index contributed by atoms with van der Waals surface area (Å²) in [6.07, 6.45) is 2.83. The molecule has 5 rings (SSSR count). The van der Waals surface area contributed by atoms with Gasteiger partial charge in [-0.05, 0) is 25.0 Å². The molecule has 5 nitrogen and oxygen atoms in total. The maximum Gasteiger partial charge on any atom is 0.235 e. The Labute approximate surface area is 123 Å². The maximum absolute atomic E-state index is 12.3. The van der Waals surface area contributed by atoms with Crippen LogP contribution in [0.15, 0.2) is 18.2 Å². The van der Waals surface area contributed by atoms with Crippen molar-refractivity contribution in [1.82, 2.24) is 0 Å². The number of carbonyl (C=O) groups is 1. The van der Waals surface area contributed by atoms with Crippen LogP contribution < -0.4 is 10.2 Å². The molecule has 5 heteroatoms. The van der Waals surface area contributed by atoms with E-state index in [-0.39, 0.29) is 11.3 Å². The molecule has 2 spiro atoms. The molecule has 1 aliphatic carbocycles. The number of fused-ring (bicyclic) bond motifs is 2. The first-order valence-corrected chi connectivity index (χ1v) is 7.70. The minimum atomic E-state index is -0.421. The van der Waals surface area contributed by atoms with E-state index in [4.69, 9.17) is 9.47 Å². The van der Waals surface area contributed by atoms with Crippen LogP contribution in [0.1, 0.15) is 24.8 Å². The van der Waals surface area contributed by atoms with Crippen LogP contribution in [0.4, 0.5) is 11.4 Å². The third-order valence-corrected chi connectivity index (χ3v) is 5.30. The zero-order valence-corrected chi connectivity index (χ0v) is 11.9. The van der Waals surface area contributed by atoms with E-state index in [9.17, 15) is 4.79 Å². The van der Waals surface area contributed by atoms with Gasteiger partial charge in [0.25, 0.3) is 0 Å². The predicted octanol–water partition coefficient (Wildman–Crippen LogP) is 1.62. The Morgan fingerprint density at radius 2 is 1.95 bits per heavy atom. The van der Waals surface area contributed by atoms with Crippen LogP contribution in [0.3, 0.4) is 0 Å². The van der Waals surface area contributed by atoms with Gasteiger partial charge in [0.2, 0.25) is 5.91 Å². The number of rotatable bonds is 1. The van der Waals surface area contributed by atoms with Gasteiger partial charge in [-0.3, -0.25) is 4.79 Å². The Kier molecular flexibility index (Phi) is 2.16. The second-order valence-corrected chi connectivity index (χ2v) is 6.52. The SMILES string of the molecule is O=C1Nc2cccc(N3CCC4(C3)OCCO4)c2C12CC2. The molecular weight excluding hydrogens is 268 g/mol. The highest BCUT2D eigenvalue weighted by Gasteiger charge is 2.58. The first kappa shape index (κ1) is 12.0. The number of carbonyl (C=O) groups excluding carboxylic acids is 1. The van der Waals surface area contributed by atoms with Crippen LogP contribution in [0.2, 0.25) is 0 Å². The quantitative estimate of drug-likeness (QED) is 0.852. The van der Waals surface area contributed by atoms with Gasteiger partial charge >= 0.3 is 0 Å². The molecule has 1 N–H and O–H groups in total. The van der Waals surface area contributed by atoms with E-state index in [1.165, 1.54) is 11.3 Å². The summed E-state index contributed by atoms with van der Waals surface area (Å²) in [6.45, 7) is 3.05. The monoisotopic (exact) mass is 286 g/mol. The molecule has 1 aromatic rings. The highest BCUT2D eigenvalue weighted by Crippen LogP contribution is 2.58. The Balaban J connectivity index is 1.54. The number of hydrogen-bond acceptors (Lipinski definition) is 4. The van der Waals surface area contributed by atoms with E-state index < -0.39 is 5.79 Å². The lowest BCUT2D eigenvalue weighted by Gasteiger charge is -2.26. The number of benzene rings is 1. The molecule has 0 radical (unpaired) electrons. The number of ether oxygens (including phenoxy) is 2. The largest absolute Gasteiger partial charge is 0.366 e. The summed E-state index contributed by atoms with van der Waals surface area (Å²) < 4.78 is 11.6. The summed E-state index contributed by atoms with van der Waals surface area (Å²) in [5.74, 6) is -0.248. The van der Waals surface area contributed by atoms with Crippen LogP contribution in [-0.4, -0.2) is 38.0 Å². The summed E-state index contributed by atoms with van der Waals surface area (Å²) in [7, 11) is 0. The molecule has 4 aliphatic rings. The van der Waals surface area contributed by atoms with E-state index in [1.54, 1.807) is 0 Å². The fourth-order valence-electron chi connectivity index (χ4n) is 4.06. The molecule has 3 aliphatic heterocycles. The van der Waals surface area contributed by atoms with Crippen molar-refractivity contribution in [3.05, 3.63) is 23.8 Å². The second kappa shape index (κ2) is 3.78. The number of anilines is 2. The molecule has 2 saturated heterocycles. The van der Waals surface area contributed by atoms with E-state index in [1.807, 2.05) is 12.1 Å². The summed E-state index contributed by atoms with van der Waals surface area (Å²) in [4.78, 5) is 14.6. The molecule has 0 bridgehead atoms. The molecule has 110 valence electrons. The van der Waals surface area contributed by atoms with Gasteiger partial charge in [0.1, 0.15) is 0 Å². The Bertz CT molecular complexity index is 632. The van der Waals surface area contributed by atoms with E-state index >= 15 is 0 Å². The summed E-state index contributed by atoms with van der Waals surface area (Å²) >= 11 is 0. The fourth-order valence-corrected chi connectivity index (χ4v) is 4.06. The fraction of sp³-hybridized carbons (Fsp3) is 0.562. The van der Waals surface area contributed by atoms with Gasteiger partial charge in [0, 0.05) is 29.9 Å². The standard InChI is InChI=1S/C16H18N2O3/c19-14-15(4-5-15)13-11(17-14)2-1-3-12(13)18-7-6-16(10-18)20-8-9-21-16/h1-3H,4-10H2,(H,17,19). The van der Waals surface area contributed by atoms with Gasteiger partial charge in [-0.15, -0.1) is 0 Å². The highest BCUT2D eigenvalue weighted by molar-refractivity contribution is 6.10. The maximum atomic E-state index is 12.3. The summed E-state index contributed by atoms with van der Waals surface area (Å²) in [5.41, 5.74) is 3.12. The van der Waals surface area contributed by atoms with Gasteiger partial charge in [-0.25, -0.2) is 0 Å². The Morgan fingerprint density at radius 3 is 2.71 bits per heavy atom. The number of nitrogens with one attached hydrogen (secondary N) is 1. The third-order valence-electron chi connectivity index (χ3n) is 5.30. The summed E-state index contributed by atoms with van der Waals surface area (Å²) in [6, 6.07) is 6.17. The molecule has 1 aromatic carbocycles. The zero-order valence-electron chi connectivity index (χ0n) is 11.9. The third kappa shape index (κ3) is 1.50. The van der Waals surface area contributed by atoms with Crippen molar-refractivity contribution < 1.29 is 14.3 Å². The first-order chi connectivity index (χ1) is 10.2. The van der Waals surface area contributed by atoms with Gasteiger partial charge in [0.15, 0.2) is 5.79 Å². The van der Waals surface area contributed by atoms with Crippen LogP contribution in [0, 0.1) is 0 Å². The molecule has 0 atom stereocenters. The molecular formula is C16H18N2O3. The van der Waals surface area contributed by atoms with Gasteiger partial charge < -0.3 is 19.7 Å². The topological polar surface area (TPSA) is 50.8 Å². The van der Waals surface area contributed by atoms with Gasteiger partial charge in [-0.2, -0.15) is 0 Å². The van der Waals surface area contributed by atoms with Crippen molar-refractivity contribution in [1.29, 1.82) is 0 Å². The van der Waals surface area contributed by atoms with E-state index in [0.29, 0.717) is 13.2 Å². The van der Waals surface area contributed by atoms with Crippen LogP contribution >= 0.6 is 0 Å². The van der Waals surface area contributed by atoms with Gasteiger partial charge in [0.05, 0.1) is 25.2 Å². The van der Waals surface area contributed by atoms with E-state index in [2.05, 4.69) is 16.3 Å². The van der Waals surface area contributed by atoms with Crippen molar-refractivity contribution in [2.24, 2.45) is 0 Å². The average molecular weight is 286 g/mol. The number of amides is 1. The molecule has 1 saturated carbocycles. The minimum Gasteiger partial charge on any atom is -0.366 e. The Hall–Kier alpha value is -1.59. The lowest BCUT2D eigenvalue weighted by atomic mass is 9.95.